The summed E-state index contributed by atoms with van der Waals surface area (Å²) in [7, 11) is 0. The Morgan fingerprint density at radius 3 is 2.38 bits per heavy atom. The molecular formula is C18H17N5O3. The summed E-state index contributed by atoms with van der Waals surface area (Å²) >= 11 is 0. The monoisotopic (exact) mass is 351 g/mol. The van der Waals surface area contributed by atoms with Crippen molar-refractivity contribution in [3.8, 4) is 5.69 Å². The first-order chi connectivity index (χ1) is 12.5. The number of aryl methyl sites for hydroxylation is 1. The summed E-state index contributed by atoms with van der Waals surface area (Å²) in [5.74, 6) is -1.89. The van der Waals surface area contributed by atoms with Crippen molar-refractivity contribution < 1.29 is 14.7 Å². The summed E-state index contributed by atoms with van der Waals surface area (Å²) < 4.78 is 1.81. The summed E-state index contributed by atoms with van der Waals surface area (Å²) in [4.78, 5) is 31.0. The third-order valence-electron chi connectivity index (χ3n) is 3.98. The molecular weight excluding hydrogens is 334 g/mol. The molecule has 132 valence electrons. The molecule has 0 aliphatic carbocycles. The van der Waals surface area contributed by atoms with Crippen molar-refractivity contribution >= 4 is 11.9 Å². The Bertz CT molecular complexity index is 966. The normalized spacial score (nSPS) is 10.5. The molecule has 0 aliphatic rings. The van der Waals surface area contributed by atoms with Gasteiger partial charge in [0.25, 0.3) is 5.91 Å². The van der Waals surface area contributed by atoms with Crippen molar-refractivity contribution in [2.24, 2.45) is 0 Å². The smallest absolute Gasteiger partial charge is 0.356 e. The number of aromatic nitrogens is 4. The van der Waals surface area contributed by atoms with Gasteiger partial charge in [0.2, 0.25) is 0 Å². The van der Waals surface area contributed by atoms with Gasteiger partial charge in [-0.1, -0.05) is 18.2 Å². The zero-order valence-corrected chi connectivity index (χ0v) is 14.3. The molecule has 0 bridgehead atoms. The third kappa shape index (κ3) is 3.30. The van der Waals surface area contributed by atoms with Gasteiger partial charge in [0, 0.05) is 30.2 Å². The summed E-state index contributed by atoms with van der Waals surface area (Å²) in [6.07, 6.45) is 2.52. The molecule has 0 atom stereocenters. The second kappa shape index (κ2) is 7.14. The number of nitrogens with zero attached hydrogens (tertiary/aromatic N) is 4. The lowest BCUT2D eigenvalue weighted by molar-refractivity contribution is 0.0683. The first kappa shape index (κ1) is 17.3. The van der Waals surface area contributed by atoms with E-state index in [0.717, 1.165) is 22.6 Å². The Morgan fingerprint density at radius 2 is 1.73 bits per heavy atom. The summed E-state index contributed by atoms with van der Waals surface area (Å²) in [6, 6.07) is 9.67. The van der Waals surface area contributed by atoms with Gasteiger partial charge >= 0.3 is 5.97 Å². The first-order valence-corrected chi connectivity index (χ1v) is 7.92. The number of hydrogen-bond donors (Lipinski definition) is 2. The third-order valence-corrected chi connectivity index (χ3v) is 3.98. The minimum atomic E-state index is -1.30. The average Bonchev–Trinajstić information content (AvgIpc) is 2.94. The first-order valence-electron chi connectivity index (χ1n) is 7.92. The van der Waals surface area contributed by atoms with Crippen LogP contribution in [0.2, 0.25) is 0 Å². The zero-order valence-electron chi connectivity index (χ0n) is 14.3. The summed E-state index contributed by atoms with van der Waals surface area (Å²) in [5.41, 5.74) is 2.87. The Morgan fingerprint density at radius 1 is 1.08 bits per heavy atom. The maximum atomic E-state index is 12.3. The van der Waals surface area contributed by atoms with Crippen molar-refractivity contribution in [2.75, 3.05) is 0 Å². The molecule has 0 saturated heterocycles. The van der Waals surface area contributed by atoms with Crippen LogP contribution in [0, 0.1) is 13.8 Å². The van der Waals surface area contributed by atoms with Gasteiger partial charge in [-0.05, 0) is 26.0 Å². The van der Waals surface area contributed by atoms with E-state index < -0.39 is 11.9 Å². The van der Waals surface area contributed by atoms with E-state index in [0.29, 0.717) is 0 Å². The van der Waals surface area contributed by atoms with E-state index in [4.69, 9.17) is 5.11 Å². The summed E-state index contributed by atoms with van der Waals surface area (Å²) in [5, 5.41) is 16.3. The van der Waals surface area contributed by atoms with E-state index in [-0.39, 0.29) is 17.9 Å². The van der Waals surface area contributed by atoms with Crippen LogP contribution in [0.25, 0.3) is 5.69 Å². The van der Waals surface area contributed by atoms with Crippen molar-refractivity contribution in [2.45, 2.75) is 20.4 Å². The standard InChI is InChI=1S/C18H17N5O3/c1-11-14(12(2)23(22-11)13-6-4-3-5-7-13)10-21-17(24)15-16(18(25)26)20-9-8-19-15/h3-9H,10H2,1-2H3,(H,21,24)(H,25,26). The number of nitrogens with one attached hydrogen (secondary N) is 1. The maximum absolute atomic E-state index is 12.3. The van der Waals surface area contributed by atoms with E-state index in [1.165, 1.54) is 12.4 Å². The van der Waals surface area contributed by atoms with Crippen molar-refractivity contribution in [1.82, 2.24) is 25.1 Å². The fraction of sp³-hybridized carbons (Fsp3) is 0.167. The number of carboxylic acid groups (broad SMARTS) is 1. The quantitative estimate of drug-likeness (QED) is 0.726. The predicted molar refractivity (Wildman–Crippen MR) is 93.2 cm³/mol. The Labute approximate surface area is 149 Å². The van der Waals surface area contributed by atoms with E-state index in [9.17, 15) is 9.59 Å². The molecule has 0 aliphatic heterocycles. The van der Waals surface area contributed by atoms with Gasteiger partial charge in [-0.2, -0.15) is 5.10 Å². The number of carbonyl (C=O) groups excluding carboxylic acids is 1. The number of aromatic carboxylic acids is 1. The maximum Gasteiger partial charge on any atom is 0.356 e. The molecule has 1 aromatic carbocycles. The lowest BCUT2D eigenvalue weighted by Crippen LogP contribution is -2.27. The minimum absolute atomic E-state index is 0.207. The second-order valence-corrected chi connectivity index (χ2v) is 5.64. The van der Waals surface area contributed by atoms with Gasteiger partial charge < -0.3 is 10.4 Å². The van der Waals surface area contributed by atoms with Crippen LogP contribution in [-0.2, 0) is 6.54 Å². The molecule has 26 heavy (non-hydrogen) atoms. The number of hydrogen-bond acceptors (Lipinski definition) is 5. The number of para-hydroxylation sites is 1. The zero-order chi connectivity index (χ0) is 18.7. The largest absolute Gasteiger partial charge is 0.476 e. The highest BCUT2D eigenvalue weighted by Gasteiger charge is 2.20. The molecule has 0 fully saturated rings. The molecule has 2 N–H and O–H groups in total. The minimum Gasteiger partial charge on any atom is -0.476 e. The van der Waals surface area contributed by atoms with Crippen LogP contribution in [0.3, 0.4) is 0 Å². The topological polar surface area (TPSA) is 110 Å². The van der Waals surface area contributed by atoms with Crippen molar-refractivity contribution in [3.05, 3.63) is 71.1 Å². The molecule has 1 amide bonds. The number of carboxylic acids is 1. The molecule has 2 aromatic heterocycles. The molecule has 2 heterocycles. The molecule has 0 radical (unpaired) electrons. The van der Waals surface area contributed by atoms with Crippen LogP contribution >= 0.6 is 0 Å². The van der Waals surface area contributed by atoms with Crippen LogP contribution in [0.1, 0.15) is 37.9 Å². The molecule has 8 heteroatoms. The lowest BCUT2D eigenvalue weighted by Gasteiger charge is -2.08. The Balaban J connectivity index is 1.82. The molecule has 8 nitrogen and oxygen atoms in total. The molecule has 0 saturated carbocycles. The van der Waals surface area contributed by atoms with Gasteiger partial charge in [-0.25, -0.2) is 19.4 Å². The number of carbonyl (C=O) groups is 2. The van der Waals surface area contributed by atoms with Gasteiger partial charge in [0.15, 0.2) is 11.4 Å². The van der Waals surface area contributed by atoms with Gasteiger partial charge in [-0.3, -0.25) is 4.79 Å². The number of amides is 1. The lowest BCUT2D eigenvalue weighted by atomic mass is 10.2. The van der Waals surface area contributed by atoms with Crippen LogP contribution in [0.15, 0.2) is 42.7 Å². The van der Waals surface area contributed by atoms with Crippen LogP contribution < -0.4 is 5.32 Å². The SMILES string of the molecule is Cc1nn(-c2ccccc2)c(C)c1CNC(=O)c1nccnc1C(=O)O. The second-order valence-electron chi connectivity index (χ2n) is 5.64. The number of rotatable bonds is 5. The van der Waals surface area contributed by atoms with E-state index in [2.05, 4.69) is 20.4 Å². The fourth-order valence-electron chi connectivity index (χ4n) is 2.66. The molecule has 0 spiro atoms. The van der Waals surface area contributed by atoms with Gasteiger partial charge in [-0.15, -0.1) is 0 Å². The molecule has 3 aromatic rings. The van der Waals surface area contributed by atoms with Crippen LogP contribution in [0.4, 0.5) is 0 Å². The average molecular weight is 351 g/mol. The molecule has 0 unspecified atom stereocenters. The highest BCUT2D eigenvalue weighted by Crippen LogP contribution is 2.17. The van der Waals surface area contributed by atoms with E-state index >= 15 is 0 Å². The molecule has 3 rings (SSSR count). The van der Waals surface area contributed by atoms with Crippen molar-refractivity contribution in [3.63, 3.8) is 0 Å². The highest BCUT2D eigenvalue weighted by molar-refractivity contribution is 6.01. The van der Waals surface area contributed by atoms with Crippen LogP contribution in [0.5, 0.6) is 0 Å². The summed E-state index contributed by atoms with van der Waals surface area (Å²) in [6.45, 7) is 3.98. The fourth-order valence-corrected chi connectivity index (χ4v) is 2.66. The Hall–Kier alpha value is -3.55. The predicted octanol–water partition coefficient (Wildman–Crippen LogP) is 1.91. The van der Waals surface area contributed by atoms with Crippen molar-refractivity contribution in [1.29, 1.82) is 0 Å². The van der Waals surface area contributed by atoms with Gasteiger partial charge in [0.05, 0.1) is 11.4 Å². The van der Waals surface area contributed by atoms with E-state index in [1.807, 2.05) is 48.9 Å². The number of benzene rings is 1. The highest BCUT2D eigenvalue weighted by atomic mass is 16.4. The van der Waals surface area contributed by atoms with Crippen LogP contribution in [-0.4, -0.2) is 36.7 Å². The van der Waals surface area contributed by atoms with Gasteiger partial charge in [0.1, 0.15) is 0 Å². The Kier molecular flexibility index (Phi) is 4.74. The van der Waals surface area contributed by atoms with E-state index in [1.54, 1.807) is 0 Å².